The maximum Gasteiger partial charge on any atom is 2.00 e. The predicted octanol–water partition coefficient (Wildman–Crippen LogP) is 10.1. The van der Waals surface area contributed by atoms with E-state index in [0.29, 0.717) is 23.0 Å². The van der Waals surface area contributed by atoms with Crippen LogP contribution < -0.4 is 14.6 Å². The number of benzene rings is 4. The van der Waals surface area contributed by atoms with Gasteiger partial charge >= 0.3 is 37.7 Å². The van der Waals surface area contributed by atoms with Crippen molar-refractivity contribution in [2.45, 2.75) is 126 Å². The molecule has 0 saturated heterocycles. The van der Waals surface area contributed by atoms with Crippen LogP contribution in [0, 0.1) is 0 Å². The molecule has 0 amide bonds. The van der Waals surface area contributed by atoms with E-state index in [1.54, 1.807) is 24.3 Å². The summed E-state index contributed by atoms with van der Waals surface area (Å²) in [7, 11) is -8.86. The van der Waals surface area contributed by atoms with E-state index < -0.39 is 20.2 Å². The molecule has 0 aliphatic heterocycles. The predicted molar refractivity (Wildman–Crippen MR) is 214 cm³/mol. The Kier molecular flexibility index (Phi) is 22.3. The third-order valence-corrected chi connectivity index (χ3v) is 10.6. The molecule has 0 radical (unpaired) electrons. The minimum Gasteiger partial charge on any atom is -0.872 e. The zero-order valence-corrected chi connectivity index (χ0v) is 35.9. The second kappa shape index (κ2) is 25.4. The number of phenols is 1. The van der Waals surface area contributed by atoms with Crippen LogP contribution in [0.15, 0.2) is 94.7 Å². The van der Waals surface area contributed by atoms with Crippen molar-refractivity contribution in [1.29, 1.82) is 0 Å². The average molecular weight is 823 g/mol. The average Bonchev–Trinajstić information content (AvgIpc) is 3.13. The fraction of sp³-hybridized carbons (Fsp3) is 0.429. The summed E-state index contributed by atoms with van der Waals surface area (Å²) in [6, 6.07) is 20.7. The number of unbranched alkanes of at least 4 members (excludes halogenated alkanes) is 12. The molecule has 0 aliphatic rings. The van der Waals surface area contributed by atoms with Gasteiger partial charge in [-0.1, -0.05) is 115 Å². The molecule has 2 N–H and O–H groups in total. The van der Waals surface area contributed by atoms with E-state index in [0.717, 1.165) is 49.7 Å². The largest absolute Gasteiger partial charge is 2.00 e. The second-order valence-electron chi connectivity index (χ2n) is 13.4. The van der Waals surface area contributed by atoms with Crippen molar-refractivity contribution in [2.75, 3.05) is 0 Å². The Labute approximate surface area is 357 Å². The molecule has 0 atom stereocenters. The Hall–Kier alpha value is -2.84. The van der Waals surface area contributed by atoms with Gasteiger partial charge in [0.1, 0.15) is 38.9 Å². The number of aryl methyl sites for hydroxylation is 2. The molecule has 0 saturated carbocycles. The summed E-state index contributed by atoms with van der Waals surface area (Å²) < 4.78 is 77.8. The van der Waals surface area contributed by atoms with Crippen LogP contribution in [0.3, 0.4) is 0 Å². The van der Waals surface area contributed by atoms with Gasteiger partial charge in [0.05, 0.1) is 9.79 Å². The molecule has 0 heterocycles. The molecule has 296 valence electrons. The Morgan fingerprint density at radius 1 is 0.545 bits per heavy atom. The van der Waals surface area contributed by atoms with Crippen molar-refractivity contribution < 1.29 is 45.6 Å². The Balaban J connectivity index is 0.000000373. The van der Waals surface area contributed by atoms with E-state index >= 15 is 0 Å². The van der Waals surface area contributed by atoms with Crippen LogP contribution in [0.25, 0.3) is 0 Å². The number of hydrogen-bond donors (Lipinski definition) is 2. The first-order valence-corrected chi connectivity index (χ1v) is 21.8. The van der Waals surface area contributed by atoms with Crippen LogP contribution in [0.4, 0.5) is 0 Å². The van der Waals surface area contributed by atoms with Crippen molar-refractivity contribution in [3.63, 3.8) is 0 Å². The van der Waals surface area contributed by atoms with E-state index in [4.69, 9.17) is 9.47 Å². The van der Waals surface area contributed by atoms with Crippen LogP contribution in [0.2, 0.25) is 0 Å². The maximum atomic E-state index is 11.4. The van der Waals surface area contributed by atoms with Crippen molar-refractivity contribution >= 4 is 58.0 Å². The summed E-state index contributed by atoms with van der Waals surface area (Å²) in [5, 5.41) is 20.6. The molecule has 55 heavy (non-hydrogen) atoms. The van der Waals surface area contributed by atoms with Gasteiger partial charge in [0.25, 0.3) is 10.1 Å². The Morgan fingerprint density at radius 3 is 1.35 bits per heavy atom. The van der Waals surface area contributed by atoms with Gasteiger partial charge in [0, 0.05) is 6.07 Å². The standard InChI is InChI=1S/2C21H28O5S.Ca/c2*1-2-3-4-5-6-7-8-9-17-10-15-20(27(23,24)25)16-21(17)26-19-13-11-18(22)12-14-19;/h2*10-16,22H,2-9H2,1H3,(H,23,24,25);/q;;+2/p-2. The Morgan fingerprint density at radius 2 is 0.927 bits per heavy atom. The summed E-state index contributed by atoms with van der Waals surface area (Å²) in [5.74, 6) is 1.65. The quantitative estimate of drug-likeness (QED) is 0.0441. The van der Waals surface area contributed by atoms with Crippen LogP contribution in [-0.4, -0.2) is 68.8 Å². The normalized spacial score (nSPS) is 11.3. The summed E-state index contributed by atoms with van der Waals surface area (Å²) in [6.07, 6.45) is 18.0. The molecule has 4 aromatic carbocycles. The minimum absolute atomic E-state index is 0. The number of phenolic OH excluding ortho intramolecular Hbond substituents is 1. The van der Waals surface area contributed by atoms with Gasteiger partial charge in [-0.05, 0) is 91.4 Å². The third kappa shape index (κ3) is 18.8. The zero-order chi connectivity index (χ0) is 39.4. The molecule has 0 unspecified atom stereocenters. The van der Waals surface area contributed by atoms with Crippen molar-refractivity contribution in [2.24, 2.45) is 0 Å². The number of ether oxygens (including phenoxy) is 2. The molecular weight excluding hydrogens is 769 g/mol. The maximum absolute atomic E-state index is 11.4. The van der Waals surface area contributed by atoms with Crippen molar-refractivity contribution in [1.82, 2.24) is 0 Å². The van der Waals surface area contributed by atoms with Crippen LogP contribution in [-0.2, 0) is 33.1 Å². The molecule has 13 heteroatoms. The first-order valence-electron chi connectivity index (χ1n) is 18.9. The first-order chi connectivity index (χ1) is 25.8. The molecule has 4 rings (SSSR count). The van der Waals surface area contributed by atoms with E-state index in [1.165, 1.54) is 125 Å². The van der Waals surface area contributed by atoms with Crippen molar-refractivity contribution in [3.05, 3.63) is 96.1 Å². The van der Waals surface area contributed by atoms with E-state index in [-0.39, 0.29) is 59.0 Å². The molecule has 0 aliphatic carbocycles. The van der Waals surface area contributed by atoms with Crippen LogP contribution >= 0.6 is 0 Å². The van der Waals surface area contributed by atoms with Gasteiger partial charge in [0.2, 0.25) is 0 Å². The van der Waals surface area contributed by atoms with Gasteiger partial charge < -0.3 is 24.2 Å². The topological polar surface area (TPSA) is 173 Å². The van der Waals surface area contributed by atoms with E-state index in [2.05, 4.69) is 13.8 Å². The van der Waals surface area contributed by atoms with E-state index in [1.807, 2.05) is 0 Å². The fourth-order valence-electron chi connectivity index (χ4n) is 5.81. The summed E-state index contributed by atoms with van der Waals surface area (Å²) in [6.45, 7) is 4.39. The fourth-order valence-corrected chi connectivity index (χ4v) is 6.79. The number of rotatable bonds is 22. The number of hydrogen-bond acceptors (Lipinski definition) is 9. The van der Waals surface area contributed by atoms with Crippen LogP contribution in [0.1, 0.15) is 115 Å². The second-order valence-corrected chi connectivity index (χ2v) is 16.2. The Bertz CT molecular complexity index is 1770. The molecule has 4 aromatic rings. The summed E-state index contributed by atoms with van der Waals surface area (Å²) in [5.41, 5.74) is 1.74. The molecule has 0 aromatic heterocycles. The molecule has 0 bridgehead atoms. The molecule has 0 spiro atoms. The van der Waals surface area contributed by atoms with Gasteiger partial charge in [0.15, 0.2) is 0 Å². The smallest absolute Gasteiger partial charge is 0.872 e. The van der Waals surface area contributed by atoms with Crippen LogP contribution in [0.5, 0.6) is 34.5 Å². The molecule has 0 fully saturated rings. The monoisotopic (exact) mass is 822 g/mol. The molecule has 10 nitrogen and oxygen atoms in total. The zero-order valence-electron chi connectivity index (χ0n) is 32.1. The van der Waals surface area contributed by atoms with Gasteiger partial charge in [-0.25, -0.2) is 8.42 Å². The third-order valence-electron chi connectivity index (χ3n) is 8.88. The summed E-state index contributed by atoms with van der Waals surface area (Å²) >= 11 is 0. The molecular formula is C42H54CaO10S2. The SMILES string of the molecule is CCCCCCCCCc1ccc(S(=O)(=O)O)cc1Oc1ccc(O)cc1.CCCCCCCCCc1ccc(S(=O)(=O)[O-])cc1Oc1ccc([O-])cc1.[Ca+2]. The number of aromatic hydroxyl groups is 1. The van der Waals surface area contributed by atoms with Crippen molar-refractivity contribution in [3.8, 4) is 34.5 Å². The van der Waals surface area contributed by atoms with Gasteiger partial charge in [-0.2, -0.15) is 8.42 Å². The first kappa shape index (κ1) is 48.3. The van der Waals surface area contributed by atoms with Gasteiger partial charge in [-0.3, -0.25) is 4.55 Å². The van der Waals surface area contributed by atoms with E-state index in [9.17, 15) is 36.2 Å². The minimum atomic E-state index is -4.56. The van der Waals surface area contributed by atoms with Gasteiger partial charge in [-0.15, -0.1) is 5.75 Å². The summed E-state index contributed by atoms with van der Waals surface area (Å²) in [4.78, 5) is -0.513.